The Labute approximate surface area is 112 Å². The van der Waals surface area contributed by atoms with Crippen molar-refractivity contribution < 1.29 is 17.9 Å². The number of benzene rings is 1. The van der Waals surface area contributed by atoms with Gasteiger partial charge in [-0.2, -0.15) is 0 Å². The fourth-order valence-corrected chi connectivity index (χ4v) is 3.33. The van der Waals surface area contributed by atoms with Gasteiger partial charge in [-0.1, -0.05) is 11.6 Å². The molecular formula is C9H10BrClFNO3S. The van der Waals surface area contributed by atoms with Gasteiger partial charge in [0.25, 0.3) is 0 Å². The van der Waals surface area contributed by atoms with E-state index in [2.05, 4.69) is 20.7 Å². The van der Waals surface area contributed by atoms with Crippen molar-refractivity contribution in [3.8, 4) is 0 Å². The maximum atomic E-state index is 12.9. The predicted octanol–water partition coefficient (Wildman–Crippen LogP) is 2.37. The fraction of sp³-hybridized carbons (Fsp3) is 0.333. The average molecular weight is 347 g/mol. The third-order valence-corrected chi connectivity index (χ3v) is 4.10. The van der Waals surface area contributed by atoms with Crippen LogP contribution in [0.2, 0.25) is 5.02 Å². The molecular weight excluding hydrogens is 337 g/mol. The van der Waals surface area contributed by atoms with Crippen LogP contribution in [-0.2, 0) is 10.0 Å². The Kier molecular flexibility index (Phi) is 5.18. The standard InChI is InChI=1S/C9H10BrClFNO3S/c10-7-4-6(12)5-8(11)9(7)13-17(15,16)3-1-2-14/h4-5,13-14H,1-3H2. The van der Waals surface area contributed by atoms with Crippen molar-refractivity contribution in [1.82, 2.24) is 0 Å². The molecule has 0 amide bonds. The second-order valence-electron chi connectivity index (χ2n) is 3.24. The molecule has 1 aromatic carbocycles. The SMILES string of the molecule is O=S(=O)(CCCO)Nc1c(Cl)cc(F)cc1Br. The minimum absolute atomic E-state index is 0.0375. The van der Waals surface area contributed by atoms with Gasteiger partial charge in [0.15, 0.2) is 0 Å². The zero-order valence-corrected chi connectivity index (χ0v) is 11.7. The Bertz CT molecular complexity index is 486. The van der Waals surface area contributed by atoms with E-state index in [9.17, 15) is 12.8 Å². The minimum Gasteiger partial charge on any atom is -0.396 e. The maximum Gasteiger partial charge on any atom is 0.232 e. The van der Waals surface area contributed by atoms with Crippen LogP contribution in [0.5, 0.6) is 0 Å². The highest BCUT2D eigenvalue weighted by Crippen LogP contribution is 2.32. The molecule has 0 unspecified atom stereocenters. The minimum atomic E-state index is -3.60. The van der Waals surface area contributed by atoms with Gasteiger partial charge in [0.2, 0.25) is 10.0 Å². The molecule has 17 heavy (non-hydrogen) atoms. The molecule has 0 radical (unpaired) electrons. The van der Waals surface area contributed by atoms with Gasteiger partial charge in [-0.15, -0.1) is 0 Å². The lowest BCUT2D eigenvalue weighted by Gasteiger charge is -2.11. The average Bonchev–Trinajstić information content (AvgIpc) is 2.21. The van der Waals surface area contributed by atoms with Crippen LogP contribution in [0.1, 0.15) is 6.42 Å². The van der Waals surface area contributed by atoms with Crippen LogP contribution in [0.15, 0.2) is 16.6 Å². The number of aliphatic hydroxyl groups excluding tert-OH is 1. The van der Waals surface area contributed by atoms with Crippen LogP contribution in [-0.4, -0.2) is 25.9 Å². The summed E-state index contributed by atoms with van der Waals surface area (Å²) in [6.07, 6.45) is 0.117. The summed E-state index contributed by atoms with van der Waals surface area (Å²) in [5, 5.41) is 8.53. The molecule has 0 bridgehead atoms. The van der Waals surface area contributed by atoms with E-state index in [0.29, 0.717) is 0 Å². The number of hydrogen-bond donors (Lipinski definition) is 2. The summed E-state index contributed by atoms with van der Waals surface area (Å²) < 4.78 is 38.5. The summed E-state index contributed by atoms with van der Waals surface area (Å²) in [6.45, 7) is -0.223. The van der Waals surface area contributed by atoms with Crippen molar-refractivity contribution in [2.24, 2.45) is 0 Å². The molecule has 96 valence electrons. The molecule has 4 nitrogen and oxygen atoms in total. The molecule has 2 N–H and O–H groups in total. The number of nitrogens with one attached hydrogen (secondary N) is 1. The topological polar surface area (TPSA) is 66.4 Å². The lowest BCUT2D eigenvalue weighted by Crippen LogP contribution is -2.18. The number of halogens is 3. The number of rotatable bonds is 5. The van der Waals surface area contributed by atoms with Crippen LogP contribution in [0, 0.1) is 5.82 Å². The first-order valence-corrected chi connectivity index (χ1v) is 7.44. The van der Waals surface area contributed by atoms with Gasteiger partial charge in [-0.25, -0.2) is 12.8 Å². The number of sulfonamides is 1. The quantitative estimate of drug-likeness (QED) is 0.860. The Hall–Kier alpha value is -0.370. The zero-order valence-electron chi connectivity index (χ0n) is 8.58. The maximum absolute atomic E-state index is 12.9. The summed E-state index contributed by atoms with van der Waals surface area (Å²) in [5.74, 6) is -0.802. The molecule has 0 atom stereocenters. The van der Waals surface area contributed by atoms with Crippen LogP contribution in [0.4, 0.5) is 10.1 Å². The first kappa shape index (κ1) is 14.7. The van der Waals surface area contributed by atoms with Crippen molar-refractivity contribution >= 4 is 43.2 Å². The molecule has 1 aromatic rings. The highest BCUT2D eigenvalue weighted by molar-refractivity contribution is 9.10. The normalized spacial score (nSPS) is 11.5. The molecule has 0 heterocycles. The summed E-state index contributed by atoms with van der Waals surface area (Å²) >= 11 is 8.75. The number of hydrogen-bond acceptors (Lipinski definition) is 3. The number of aliphatic hydroxyl groups is 1. The van der Waals surface area contributed by atoms with E-state index in [1.54, 1.807) is 0 Å². The molecule has 0 aliphatic carbocycles. The molecule has 1 rings (SSSR count). The first-order chi connectivity index (χ1) is 7.85. The predicted molar refractivity (Wildman–Crippen MR) is 68.2 cm³/mol. The van der Waals surface area contributed by atoms with Crippen molar-refractivity contribution in [2.45, 2.75) is 6.42 Å². The van der Waals surface area contributed by atoms with E-state index in [0.717, 1.165) is 12.1 Å². The zero-order chi connectivity index (χ0) is 13.1. The van der Waals surface area contributed by atoms with Crippen molar-refractivity contribution in [3.05, 3.63) is 27.4 Å². The summed E-state index contributed by atoms with van der Waals surface area (Å²) in [6, 6.07) is 2.12. The molecule has 0 aromatic heterocycles. The van der Waals surface area contributed by atoms with Crippen LogP contribution >= 0.6 is 27.5 Å². The van der Waals surface area contributed by atoms with E-state index in [4.69, 9.17) is 16.7 Å². The first-order valence-electron chi connectivity index (χ1n) is 4.61. The van der Waals surface area contributed by atoms with Gasteiger partial charge >= 0.3 is 0 Å². The lowest BCUT2D eigenvalue weighted by molar-refractivity contribution is 0.295. The Morgan fingerprint density at radius 2 is 2.12 bits per heavy atom. The smallest absolute Gasteiger partial charge is 0.232 e. The molecule has 0 aliphatic heterocycles. The van der Waals surface area contributed by atoms with Gasteiger partial charge in [0.1, 0.15) is 5.82 Å². The monoisotopic (exact) mass is 345 g/mol. The second-order valence-corrected chi connectivity index (χ2v) is 6.35. The Morgan fingerprint density at radius 3 is 2.65 bits per heavy atom. The second kappa shape index (κ2) is 5.99. The van der Waals surface area contributed by atoms with Gasteiger partial charge in [-0.3, -0.25) is 4.72 Å². The van der Waals surface area contributed by atoms with Gasteiger partial charge < -0.3 is 5.11 Å². The number of anilines is 1. The van der Waals surface area contributed by atoms with Crippen molar-refractivity contribution in [3.63, 3.8) is 0 Å². The largest absolute Gasteiger partial charge is 0.396 e. The summed E-state index contributed by atoms with van der Waals surface area (Å²) in [5.41, 5.74) is 0.0889. The van der Waals surface area contributed by atoms with Crippen molar-refractivity contribution in [2.75, 3.05) is 17.1 Å². The Balaban J connectivity index is 2.96. The highest BCUT2D eigenvalue weighted by Gasteiger charge is 2.15. The van der Waals surface area contributed by atoms with Gasteiger partial charge in [0.05, 0.1) is 16.5 Å². The van der Waals surface area contributed by atoms with E-state index >= 15 is 0 Å². The lowest BCUT2D eigenvalue weighted by atomic mass is 10.3. The van der Waals surface area contributed by atoms with Crippen LogP contribution < -0.4 is 4.72 Å². The molecule has 0 saturated carbocycles. The van der Waals surface area contributed by atoms with Crippen LogP contribution in [0.25, 0.3) is 0 Å². The van der Waals surface area contributed by atoms with Crippen LogP contribution in [0.3, 0.4) is 0 Å². The third kappa shape index (κ3) is 4.42. The van der Waals surface area contributed by atoms with E-state index in [-0.39, 0.29) is 34.0 Å². The third-order valence-electron chi connectivity index (χ3n) is 1.84. The van der Waals surface area contributed by atoms with Gasteiger partial charge in [-0.05, 0) is 34.5 Å². The van der Waals surface area contributed by atoms with E-state index in [1.807, 2.05) is 0 Å². The fourth-order valence-electron chi connectivity index (χ4n) is 1.10. The Morgan fingerprint density at radius 1 is 1.47 bits per heavy atom. The summed E-state index contributed by atoms with van der Waals surface area (Å²) in [4.78, 5) is 0. The van der Waals surface area contributed by atoms with E-state index < -0.39 is 15.8 Å². The summed E-state index contributed by atoms with van der Waals surface area (Å²) in [7, 11) is -3.60. The van der Waals surface area contributed by atoms with E-state index in [1.165, 1.54) is 0 Å². The van der Waals surface area contributed by atoms with Crippen molar-refractivity contribution in [1.29, 1.82) is 0 Å². The molecule has 0 aliphatic rings. The molecule has 0 fully saturated rings. The van der Waals surface area contributed by atoms with Gasteiger partial charge in [0, 0.05) is 11.1 Å². The highest BCUT2D eigenvalue weighted by atomic mass is 79.9. The molecule has 0 spiro atoms. The molecule has 8 heteroatoms. The molecule has 0 saturated heterocycles.